The minimum Gasteiger partial charge on any atom is -0.457 e. The maximum atomic E-state index is 13.4. The van der Waals surface area contributed by atoms with Gasteiger partial charge in [0.05, 0.1) is 32.0 Å². The van der Waals surface area contributed by atoms with Gasteiger partial charge >= 0.3 is 0 Å². The van der Waals surface area contributed by atoms with E-state index in [1.54, 1.807) is 22.9 Å². The molecule has 0 saturated carbocycles. The standard InChI is InChI=1S/C34H18N4O8S3/c39-29-25-11-5-21(17-27(25)31(41)37(29)33-35-13-15-47-33)45-19-1-7-23(8-2-19)49(43,44)24-9-3-20(4-10-24)46-22-6-12-26-28(18-22)32(42)38(30(26)40)34-36-14-16-48-34/h1-18H. The van der Waals surface area contributed by atoms with E-state index in [1.165, 1.54) is 108 Å². The zero-order valence-corrected chi connectivity index (χ0v) is 27.1. The van der Waals surface area contributed by atoms with Gasteiger partial charge in [-0.2, -0.15) is 0 Å². The number of ether oxygens (including phenoxy) is 2. The molecule has 0 aliphatic carbocycles. The Morgan fingerprint density at radius 3 is 1.22 bits per heavy atom. The zero-order valence-electron chi connectivity index (χ0n) is 24.7. The molecule has 0 N–H and O–H groups in total. The summed E-state index contributed by atoms with van der Waals surface area (Å²) < 4.78 is 38.5. The van der Waals surface area contributed by atoms with E-state index in [9.17, 15) is 27.6 Å². The molecule has 49 heavy (non-hydrogen) atoms. The summed E-state index contributed by atoms with van der Waals surface area (Å²) in [6.45, 7) is 0. The Balaban J connectivity index is 0.948. The molecule has 0 bridgehead atoms. The highest BCUT2D eigenvalue weighted by molar-refractivity contribution is 7.91. The second-order valence-electron chi connectivity index (χ2n) is 10.6. The number of sulfone groups is 1. The number of anilines is 2. The summed E-state index contributed by atoms with van der Waals surface area (Å²) in [4.78, 5) is 61.6. The lowest BCUT2D eigenvalue weighted by Crippen LogP contribution is -2.29. The van der Waals surface area contributed by atoms with Crippen molar-refractivity contribution in [1.82, 2.24) is 9.97 Å². The van der Waals surface area contributed by atoms with Crippen LogP contribution in [0.4, 0.5) is 10.3 Å². The van der Waals surface area contributed by atoms with Gasteiger partial charge in [-0.25, -0.2) is 28.2 Å². The lowest BCUT2D eigenvalue weighted by atomic mass is 10.1. The minimum absolute atomic E-state index is 0.0222. The topological polar surface area (TPSA) is 153 Å². The average Bonchev–Trinajstić information content (AvgIpc) is 3.91. The van der Waals surface area contributed by atoms with Crippen LogP contribution in [-0.2, 0) is 9.84 Å². The number of nitrogens with zero attached hydrogens (tertiary/aromatic N) is 4. The molecule has 0 fully saturated rings. The van der Waals surface area contributed by atoms with Gasteiger partial charge in [0.2, 0.25) is 9.84 Å². The molecule has 6 aromatic rings. The Kier molecular flexibility index (Phi) is 7.17. The largest absolute Gasteiger partial charge is 0.457 e. The SMILES string of the molecule is O=C1c2ccc(Oc3ccc(S(=O)(=O)c4ccc(Oc5ccc6c(c5)C(=O)N(c5nccs5)C6=O)cc4)cc3)cc2C(=O)N1c1nccs1. The van der Waals surface area contributed by atoms with Crippen LogP contribution in [0.1, 0.15) is 41.4 Å². The number of carbonyl (C=O) groups is 4. The first-order valence-electron chi connectivity index (χ1n) is 14.3. The van der Waals surface area contributed by atoms with Gasteiger partial charge in [0.25, 0.3) is 23.6 Å². The van der Waals surface area contributed by atoms with Crippen LogP contribution in [0.25, 0.3) is 0 Å². The third-order valence-electron chi connectivity index (χ3n) is 7.68. The van der Waals surface area contributed by atoms with E-state index < -0.39 is 33.5 Å². The average molecular weight is 707 g/mol. The fraction of sp³-hybridized carbons (Fsp3) is 0. The highest BCUT2D eigenvalue weighted by Gasteiger charge is 2.39. The summed E-state index contributed by atoms with van der Waals surface area (Å²) >= 11 is 2.35. The number of hydrogen-bond acceptors (Lipinski definition) is 12. The van der Waals surface area contributed by atoms with E-state index in [2.05, 4.69) is 9.97 Å². The number of benzene rings is 4. The van der Waals surface area contributed by atoms with Gasteiger partial charge in [0.1, 0.15) is 23.0 Å². The molecule has 4 heterocycles. The number of thiazole rings is 2. The predicted octanol–water partition coefficient (Wildman–Crippen LogP) is 6.62. The molecule has 15 heteroatoms. The quantitative estimate of drug-likeness (QED) is 0.158. The van der Waals surface area contributed by atoms with E-state index in [0.29, 0.717) is 23.0 Å². The zero-order chi connectivity index (χ0) is 33.9. The van der Waals surface area contributed by atoms with Crippen LogP contribution < -0.4 is 19.3 Å². The second-order valence-corrected chi connectivity index (χ2v) is 14.3. The van der Waals surface area contributed by atoms with Crippen molar-refractivity contribution >= 4 is 66.4 Å². The van der Waals surface area contributed by atoms with Crippen molar-refractivity contribution in [2.45, 2.75) is 9.79 Å². The lowest BCUT2D eigenvalue weighted by molar-refractivity contribution is 0.0910. The summed E-state index contributed by atoms with van der Waals surface area (Å²) in [5, 5.41) is 3.91. The molecule has 12 nitrogen and oxygen atoms in total. The van der Waals surface area contributed by atoms with Gasteiger partial charge in [-0.1, -0.05) is 0 Å². The number of carbonyl (C=O) groups excluding carboxylic acids is 4. The minimum atomic E-state index is -3.91. The smallest absolute Gasteiger partial charge is 0.268 e. The Labute approximate surface area is 285 Å². The Bertz CT molecular complexity index is 2260. The van der Waals surface area contributed by atoms with Gasteiger partial charge in [-0.3, -0.25) is 19.2 Å². The summed E-state index contributed by atoms with van der Waals surface area (Å²) in [6, 6.07) is 20.6. The van der Waals surface area contributed by atoms with Crippen LogP contribution in [0, 0.1) is 0 Å². The van der Waals surface area contributed by atoms with Crippen LogP contribution in [0.3, 0.4) is 0 Å². The molecule has 0 spiro atoms. The summed E-state index contributed by atoms with van der Waals surface area (Å²) in [7, 11) is -3.91. The first kappa shape index (κ1) is 30.3. The molecular formula is C34H18N4O8S3. The molecular weight excluding hydrogens is 689 g/mol. The molecule has 2 aromatic heterocycles. The number of imide groups is 2. The van der Waals surface area contributed by atoms with Crippen molar-refractivity contribution in [3.8, 4) is 23.0 Å². The highest BCUT2D eigenvalue weighted by Crippen LogP contribution is 2.35. The van der Waals surface area contributed by atoms with E-state index in [4.69, 9.17) is 9.47 Å². The van der Waals surface area contributed by atoms with Crippen LogP contribution in [0.15, 0.2) is 118 Å². The summed E-state index contributed by atoms with van der Waals surface area (Å²) in [5.41, 5.74) is 0.844. The van der Waals surface area contributed by atoms with Crippen molar-refractivity contribution in [1.29, 1.82) is 0 Å². The first-order chi connectivity index (χ1) is 23.7. The molecule has 2 aliphatic rings. The number of aromatic nitrogens is 2. The number of fused-ring (bicyclic) bond motifs is 2. The van der Waals surface area contributed by atoms with Crippen molar-refractivity contribution in [2.24, 2.45) is 0 Å². The molecule has 8 rings (SSSR count). The van der Waals surface area contributed by atoms with Crippen LogP contribution in [0.2, 0.25) is 0 Å². The number of amides is 4. The molecule has 0 radical (unpaired) electrons. The monoisotopic (exact) mass is 706 g/mol. The van der Waals surface area contributed by atoms with Crippen molar-refractivity contribution in [3.05, 3.63) is 130 Å². The van der Waals surface area contributed by atoms with E-state index in [0.717, 1.165) is 9.80 Å². The van der Waals surface area contributed by atoms with Crippen LogP contribution in [0.5, 0.6) is 23.0 Å². The first-order valence-corrected chi connectivity index (χ1v) is 17.6. The lowest BCUT2D eigenvalue weighted by Gasteiger charge is -2.10. The van der Waals surface area contributed by atoms with E-state index >= 15 is 0 Å². The Morgan fingerprint density at radius 2 is 0.857 bits per heavy atom. The van der Waals surface area contributed by atoms with Gasteiger partial charge in [0.15, 0.2) is 10.3 Å². The third-order valence-corrected chi connectivity index (χ3v) is 11.0. The van der Waals surface area contributed by atoms with Gasteiger partial charge < -0.3 is 9.47 Å². The maximum Gasteiger partial charge on any atom is 0.268 e. The molecule has 2 aliphatic heterocycles. The summed E-state index contributed by atoms with van der Waals surface area (Å²) in [6.07, 6.45) is 3.02. The molecule has 240 valence electrons. The fourth-order valence-electron chi connectivity index (χ4n) is 5.35. The van der Waals surface area contributed by atoms with Crippen molar-refractivity contribution in [2.75, 3.05) is 9.80 Å². The van der Waals surface area contributed by atoms with Gasteiger partial charge in [-0.15, -0.1) is 22.7 Å². The highest BCUT2D eigenvalue weighted by atomic mass is 32.2. The predicted molar refractivity (Wildman–Crippen MR) is 178 cm³/mol. The van der Waals surface area contributed by atoms with Crippen LogP contribution in [-0.4, -0.2) is 42.0 Å². The number of rotatable bonds is 8. The number of hydrogen-bond donors (Lipinski definition) is 0. The van der Waals surface area contributed by atoms with Gasteiger partial charge in [0, 0.05) is 23.2 Å². The maximum absolute atomic E-state index is 13.4. The molecule has 0 saturated heterocycles. The molecule has 0 unspecified atom stereocenters. The Hall–Kier alpha value is -6.03. The second kappa shape index (κ2) is 11.6. The molecule has 0 atom stereocenters. The van der Waals surface area contributed by atoms with Crippen molar-refractivity contribution < 1.29 is 37.1 Å². The van der Waals surface area contributed by atoms with Crippen molar-refractivity contribution in [3.63, 3.8) is 0 Å². The normalized spacial score (nSPS) is 14.0. The van der Waals surface area contributed by atoms with Crippen LogP contribution >= 0.6 is 22.7 Å². The molecule has 4 amide bonds. The van der Waals surface area contributed by atoms with Gasteiger partial charge in [-0.05, 0) is 84.9 Å². The third kappa shape index (κ3) is 5.16. The summed E-state index contributed by atoms with van der Waals surface area (Å²) in [5.74, 6) is -0.709. The molecule has 4 aromatic carbocycles. The van der Waals surface area contributed by atoms with E-state index in [-0.39, 0.29) is 42.3 Å². The van der Waals surface area contributed by atoms with E-state index in [1.807, 2.05) is 0 Å². The Morgan fingerprint density at radius 1 is 0.490 bits per heavy atom. The fourth-order valence-corrected chi connectivity index (χ4v) is 7.88.